The largest absolute Gasteiger partial charge is 0.507 e. The lowest BCUT2D eigenvalue weighted by molar-refractivity contribution is 0.482. The molecule has 0 atom stereocenters. The summed E-state index contributed by atoms with van der Waals surface area (Å²) in [5.74, 6) is 0.650. The molecule has 2 N–H and O–H groups in total. The topological polar surface area (TPSA) is 40.5 Å². The molecule has 0 radical (unpaired) electrons. The van der Waals surface area contributed by atoms with Gasteiger partial charge in [-0.3, -0.25) is 0 Å². The lowest BCUT2D eigenvalue weighted by Crippen LogP contribution is -1.87. The Labute approximate surface area is 114 Å². The number of rotatable bonds is 0. The second-order valence-electron chi connectivity index (χ2n) is 5.37. The zero-order chi connectivity index (χ0) is 13.4. The van der Waals surface area contributed by atoms with Gasteiger partial charge in [-0.2, -0.15) is 0 Å². The third kappa shape index (κ3) is 0.980. The summed E-state index contributed by atoms with van der Waals surface area (Å²) in [4.78, 5) is 0. The van der Waals surface area contributed by atoms with E-state index in [1.165, 1.54) is 0 Å². The molecule has 94 valence electrons. The van der Waals surface area contributed by atoms with Crippen LogP contribution in [0.25, 0.3) is 43.1 Å². The zero-order valence-electron chi connectivity index (χ0n) is 10.5. The molecular formula is C18H10O2. The van der Waals surface area contributed by atoms with Gasteiger partial charge in [-0.05, 0) is 45.1 Å². The molecular weight excluding hydrogens is 248 g/mol. The van der Waals surface area contributed by atoms with Gasteiger partial charge in [0.1, 0.15) is 11.5 Å². The summed E-state index contributed by atoms with van der Waals surface area (Å²) in [5, 5.41) is 28.3. The van der Waals surface area contributed by atoms with Crippen molar-refractivity contribution in [3.63, 3.8) is 0 Å². The van der Waals surface area contributed by atoms with Gasteiger partial charge in [-0.15, -0.1) is 0 Å². The minimum Gasteiger partial charge on any atom is -0.507 e. The van der Waals surface area contributed by atoms with Crippen molar-refractivity contribution in [1.29, 1.82) is 0 Å². The van der Waals surface area contributed by atoms with Gasteiger partial charge < -0.3 is 10.2 Å². The van der Waals surface area contributed by atoms with Crippen LogP contribution in [-0.4, -0.2) is 10.2 Å². The van der Waals surface area contributed by atoms with Crippen molar-refractivity contribution < 1.29 is 10.2 Å². The number of hydrogen-bond acceptors (Lipinski definition) is 2. The Bertz CT molecular complexity index is 1110. The highest BCUT2D eigenvalue weighted by Crippen LogP contribution is 2.44. The molecule has 0 aromatic heterocycles. The first-order valence-corrected chi connectivity index (χ1v) is 6.58. The lowest BCUT2D eigenvalue weighted by atomic mass is 9.89. The van der Waals surface area contributed by atoms with Crippen LogP contribution in [0, 0.1) is 0 Å². The van der Waals surface area contributed by atoms with Crippen LogP contribution < -0.4 is 0 Å². The molecule has 0 saturated heterocycles. The van der Waals surface area contributed by atoms with Crippen LogP contribution in [0.15, 0.2) is 48.5 Å². The first kappa shape index (κ1) is 10.1. The predicted molar refractivity (Wildman–Crippen MR) is 82.2 cm³/mol. The number of fused-ring (bicyclic) bond motifs is 4. The number of benzene rings is 7. The molecule has 0 unspecified atom stereocenters. The van der Waals surface area contributed by atoms with E-state index in [0.717, 1.165) is 43.1 Å². The molecule has 20 heavy (non-hydrogen) atoms. The quantitative estimate of drug-likeness (QED) is 0.399. The molecule has 0 aliphatic rings. The van der Waals surface area contributed by atoms with Crippen LogP contribution in [0.4, 0.5) is 0 Å². The van der Waals surface area contributed by atoms with Gasteiger partial charge >= 0.3 is 0 Å². The van der Waals surface area contributed by atoms with Gasteiger partial charge in [0.05, 0.1) is 0 Å². The summed E-state index contributed by atoms with van der Waals surface area (Å²) >= 11 is 0. The van der Waals surface area contributed by atoms with Crippen molar-refractivity contribution in [1.82, 2.24) is 0 Å². The van der Waals surface area contributed by atoms with Gasteiger partial charge in [-0.25, -0.2) is 0 Å². The SMILES string of the molecule is Oc1cc2ccc1c1ccc3c4ccc(c(O)c4)c3c21. The van der Waals surface area contributed by atoms with Gasteiger partial charge in [0.15, 0.2) is 0 Å². The molecule has 7 aromatic carbocycles. The van der Waals surface area contributed by atoms with Crippen molar-refractivity contribution in [3.05, 3.63) is 48.5 Å². The Morgan fingerprint density at radius 3 is 1.90 bits per heavy atom. The summed E-state index contributed by atoms with van der Waals surface area (Å²) in [6.45, 7) is 0. The Balaban J connectivity index is 2.23. The van der Waals surface area contributed by atoms with Crippen LogP contribution >= 0.6 is 0 Å². The molecule has 0 amide bonds. The molecule has 0 aliphatic heterocycles. The minimum absolute atomic E-state index is 0.323. The van der Waals surface area contributed by atoms with Gasteiger partial charge in [0.2, 0.25) is 0 Å². The standard InChI is InChI=1S/C18H10O2/c19-15-8-10-2-3-12(15)13-6-5-11-9-1-4-14(16(20)7-9)18(11)17(10)13/h1-8,19-20H. The average molecular weight is 258 g/mol. The number of phenolic OH excluding ortho intramolecular Hbond substituents is 2. The van der Waals surface area contributed by atoms with Gasteiger partial charge in [0.25, 0.3) is 0 Å². The highest BCUT2D eigenvalue weighted by Gasteiger charge is 2.15. The van der Waals surface area contributed by atoms with E-state index < -0.39 is 0 Å². The zero-order valence-corrected chi connectivity index (χ0v) is 10.5. The van der Waals surface area contributed by atoms with E-state index in [-0.39, 0.29) is 0 Å². The third-order valence-corrected chi connectivity index (χ3v) is 4.36. The van der Waals surface area contributed by atoms with Crippen molar-refractivity contribution in [2.24, 2.45) is 0 Å². The molecule has 7 rings (SSSR count). The third-order valence-electron chi connectivity index (χ3n) is 4.36. The fourth-order valence-electron chi connectivity index (χ4n) is 3.47. The van der Waals surface area contributed by atoms with Crippen molar-refractivity contribution >= 4 is 43.1 Å². The minimum atomic E-state index is 0.323. The molecule has 0 heterocycles. The van der Waals surface area contributed by atoms with E-state index in [2.05, 4.69) is 12.1 Å². The first-order chi connectivity index (χ1) is 9.74. The number of aromatic hydroxyl groups is 2. The maximum absolute atomic E-state index is 10.1. The van der Waals surface area contributed by atoms with Gasteiger partial charge in [-0.1, -0.05) is 30.3 Å². The molecule has 0 spiro atoms. The molecule has 7 aromatic rings. The van der Waals surface area contributed by atoms with Crippen molar-refractivity contribution in [3.8, 4) is 11.5 Å². The maximum atomic E-state index is 10.1. The highest BCUT2D eigenvalue weighted by atomic mass is 16.3. The maximum Gasteiger partial charge on any atom is 0.124 e. The Hall–Kier alpha value is -2.74. The Morgan fingerprint density at radius 2 is 1.10 bits per heavy atom. The molecule has 4 bridgehead atoms. The molecule has 0 saturated carbocycles. The van der Waals surface area contributed by atoms with Crippen LogP contribution in [0.5, 0.6) is 11.5 Å². The van der Waals surface area contributed by atoms with E-state index in [1.807, 2.05) is 30.3 Å². The summed E-state index contributed by atoms with van der Waals surface area (Å²) in [7, 11) is 0. The first-order valence-electron chi connectivity index (χ1n) is 6.58. The summed E-state index contributed by atoms with van der Waals surface area (Å²) < 4.78 is 0. The summed E-state index contributed by atoms with van der Waals surface area (Å²) in [6.07, 6.45) is 0. The number of hydrogen-bond donors (Lipinski definition) is 2. The van der Waals surface area contributed by atoms with Crippen molar-refractivity contribution in [2.45, 2.75) is 0 Å². The highest BCUT2D eigenvalue weighted by molar-refractivity contribution is 6.31. The van der Waals surface area contributed by atoms with E-state index in [1.54, 1.807) is 6.07 Å². The fraction of sp³-hybridized carbons (Fsp3) is 0. The van der Waals surface area contributed by atoms with Crippen LogP contribution in [-0.2, 0) is 0 Å². The average Bonchev–Trinajstić information content (AvgIpc) is 2.47. The second-order valence-corrected chi connectivity index (χ2v) is 5.37. The Morgan fingerprint density at radius 1 is 0.500 bits per heavy atom. The van der Waals surface area contributed by atoms with E-state index in [9.17, 15) is 10.2 Å². The summed E-state index contributed by atoms with van der Waals surface area (Å²) in [5.41, 5.74) is 0. The van der Waals surface area contributed by atoms with Gasteiger partial charge in [0, 0.05) is 16.2 Å². The predicted octanol–water partition coefficient (Wildman–Crippen LogP) is 4.59. The lowest BCUT2D eigenvalue weighted by Gasteiger charge is -2.15. The van der Waals surface area contributed by atoms with Crippen molar-refractivity contribution in [2.75, 3.05) is 0 Å². The van der Waals surface area contributed by atoms with E-state index >= 15 is 0 Å². The smallest absolute Gasteiger partial charge is 0.124 e. The van der Waals surface area contributed by atoms with Crippen LogP contribution in [0.3, 0.4) is 0 Å². The Kier molecular flexibility index (Phi) is 1.54. The summed E-state index contributed by atoms with van der Waals surface area (Å²) in [6, 6.07) is 15.7. The number of phenols is 4. The fourth-order valence-corrected chi connectivity index (χ4v) is 3.47. The molecule has 2 heteroatoms. The van der Waals surface area contributed by atoms with Crippen LogP contribution in [0.1, 0.15) is 0 Å². The van der Waals surface area contributed by atoms with E-state index in [4.69, 9.17) is 0 Å². The second kappa shape index (κ2) is 3.05. The normalized spacial score (nSPS) is 12.4. The molecule has 2 nitrogen and oxygen atoms in total. The molecule has 0 aliphatic carbocycles. The molecule has 0 fully saturated rings. The van der Waals surface area contributed by atoms with E-state index in [0.29, 0.717) is 11.5 Å². The van der Waals surface area contributed by atoms with Crippen LogP contribution in [0.2, 0.25) is 0 Å². The monoisotopic (exact) mass is 258 g/mol.